The second-order valence-corrected chi connectivity index (χ2v) is 7.96. The van der Waals surface area contributed by atoms with Gasteiger partial charge in [-0.2, -0.15) is 0 Å². The third-order valence-electron chi connectivity index (χ3n) is 3.53. The lowest BCUT2D eigenvalue weighted by molar-refractivity contribution is 0.275. The average molecular weight is 297 g/mol. The van der Waals surface area contributed by atoms with Crippen molar-refractivity contribution >= 4 is 11.3 Å². The number of hydrogen-bond donors (Lipinski definition) is 1. The highest BCUT2D eigenvalue weighted by atomic mass is 32.1. The molecule has 20 heavy (non-hydrogen) atoms. The summed E-state index contributed by atoms with van der Waals surface area (Å²) in [6, 6.07) is 2.40. The van der Waals surface area contributed by atoms with Gasteiger partial charge in [-0.25, -0.2) is 0 Å². The Balaban J connectivity index is 2.60. The van der Waals surface area contributed by atoms with Crippen LogP contribution in [0.25, 0.3) is 0 Å². The Kier molecular flexibility index (Phi) is 7.21. The van der Waals surface area contributed by atoms with Gasteiger partial charge in [-0.15, -0.1) is 11.3 Å². The van der Waals surface area contributed by atoms with Gasteiger partial charge in [0.1, 0.15) is 0 Å². The molecule has 0 fully saturated rings. The first kappa shape index (κ1) is 17.7. The van der Waals surface area contributed by atoms with Gasteiger partial charge in [0.25, 0.3) is 0 Å². The number of nitrogens with one attached hydrogen (secondary N) is 1. The van der Waals surface area contributed by atoms with Crippen LogP contribution in [0.3, 0.4) is 0 Å². The summed E-state index contributed by atoms with van der Waals surface area (Å²) in [5, 5.41) is 3.58. The first-order chi connectivity index (χ1) is 9.35. The van der Waals surface area contributed by atoms with Crippen molar-refractivity contribution in [2.75, 3.05) is 13.1 Å². The molecule has 2 nitrogen and oxygen atoms in total. The molecule has 0 aliphatic heterocycles. The fourth-order valence-corrected chi connectivity index (χ4v) is 3.15. The molecule has 0 saturated heterocycles. The largest absolute Gasteiger partial charge is 0.307 e. The topological polar surface area (TPSA) is 15.3 Å². The molecule has 0 radical (unpaired) electrons. The lowest BCUT2D eigenvalue weighted by Gasteiger charge is -2.20. The van der Waals surface area contributed by atoms with Crippen LogP contribution in [-0.2, 0) is 13.1 Å². The number of aryl methyl sites for hydroxylation is 1. The first-order valence-corrected chi connectivity index (χ1v) is 8.73. The third kappa shape index (κ3) is 6.38. The molecule has 1 aromatic rings. The van der Waals surface area contributed by atoms with Crippen LogP contribution in [0.4, 0.5) is 0 Å². The highest BCUT2D eigenvalue weighted by Gasteiger charge is 2.12. The quantitative estimate of drug-likeness (QED) is 0.756. The van der Waals surface area contributed by atoms with E-state index in [1.807, 2.05) is 11.3 Å². The summed E-state index contributed by atoms with van der Waals surface area (Å²) in [7, 11) is 0. The van der Waals surface area contributed by atoms with Gasteiger partial charge in [0.05, 0.1) is 0 Å². The molecule has 0 atom stereocenters. The van der Waals surface area contributed by atoms with Crippen molar-refractivity contribution in [3.63, 3.8) is 0 Å². The van der Waals surface area contributed by atoms with Gasteiger partial charge in [-0.1, -0.05) is 20.3 Å². The van der Waals surface area contributed by atoms with E-state index in [1.54, 1.807) is 0 Å². The summed E-state index contributed by atoms with van der Waals surface area (Å²) in [5.41, 5.74) is 1.70. The maximum Gasteiger partial charge on any atom is 0.0304 e. The van der Waals surface area contributed by atoms with Gasteiger partial charge in [0, 0.05) is 28.4 Å². The van der Waals surface area contributed by atoms with Crippen molar-refractivity contribution in [2.24, 2.45) is 0 Å². The van der Waals surface area contributed by atoms with Crippen LogP contribution in [0.5, 0.6) is 0 Å². The molecule has 1 aromatic heterocycles. The highest BCUT2D eigenvalue weighted by Crippen LogP contribution is 2.23. The maximum absolute atomic E-state index is 3.58. The van der Waals surface area contributed by atoms with Crippen LogP contribution in [0.1, 0.15) is 62.8 Å². The van der Waals surface area contributed by atoms with Crippen LogP contribution in [0, 0.1) is 6.92 Å². The minimum atomic E-state index is 0.189. The van der Waals surface area contributed by atoms with Crippen LogP contribution in [0.2, 0.25) is 0 Å². The number of hydrogen-bond acceptors (Lipinski definition) is 3. The van der Waals surface area contributed by atoms with Gasteiger partial charge >= 0.3 is 0 Å². The molecule has 0 aliphatic carbocycles. The molecular formula is C17H32N2S. The molecule has 0 spiro atoms. The van der Waals surface area contributed by atoms with E-state index in [2.05, 4.69) is 57.8 Å². The Bertz CT molecular complexity index is 390. The molecule has 116 valence electrons. The highest BCUT2D eigenvalue weighted by molar-refractivity contribution is 7.12. The maximum atomic E-state index is 3.58. The number of unbranched alkanes of at least 4 members (excludes halogenated alkanes) is 1. The molecule has 0 saturated carbocycles. The summed E-state index contributed by atoms with van der Waals surface area (Å²) in [6.45, 7) is 17.9. The SMILES string of the molecule is CCCCN(CC)Cc1cc(CNC(C)(C)C)sc1C. The zero-order valence-electron chi connectivity index (χ0n) is 14.2. The summed E-state index contributed by atoms with van der Waals surface area (Å²) in [4.78, 5) is 5.49. The van der Waals surface area contributed by atoms with Crippen molar-refractivity contribution < 1.29 is 0 Å². The molecule has 1 heterocycles. The monoisotopic (exact) mass is 296 g/mol. The van der Waals surface area contributed by atoms with Crippen molar-refractivity contribution in [2.45, 2.75) is 73.0 Å². The average Bonchev–Trinajstić information content (AvgIpc) is 2.72. The molecule has 3 heteroatoms. The third-order valence-corrected chi connectivity index (χ3v) is 4.63. The van der Waals surface area contributed by atoms with Crippen molar-refractivity contribution in [3.8, 4) is 0 Å². The predicted molar refractivity (Wildman–Crippen MR) is 91.5 cm³/mol. The van der Waals surface area contributed by atoms with E-state index in [0.29, 0.717) is 0 Å². The van der Waals surface area contributed by atoms with E-state index >= 15 is 0 Å². The second kappa shape index (κ2) is 8.16. The summed E-state index contributed by atoms with van der Waals surface area (Å²) < 4.78 is 0. The summed E-state index contributed by atoms with van der Waals surface area (Å²) >= 11 is 1.94. The zero-order valence-corrected chi connectivity index (χ0v) is 15.0. The van der Waals surface area contributed by atoms with Gasteiger partial charge in [-0.3, -0.25) is 4.90 Å². The molecule has 0 aromatic carbocycles. The van der Waals surface area contributed by atoms with Gasteiger partial charge in [0.15, 0.2) is 0 Å². The smallest absolute Gasteiger partial charge is 0.0304 e. The van der Waals surface area contributed by atoms with Crippen molar-refractivity contribution in [3.05, 3.63) is 21.4 Å². The van der Waals surface area contributed by atoms with Crippen LogP contribution >= 0.6 is 11.3 Å². The van der Waals surface area contributed by atoms with Gasteiger partial charge < -0.3 is 5.32 Å². The molecular weight excluding hydrogens is 264 g/mol. The minimum Gasteiger partial charge on any atom is -0.307 e. The van der Waals surface area contributed by atoms with Crippen LogP contribution in [-0.4, -0.2) is 23.5 Å². The standard InChI is InChI=1S/C17H32N2S/c1-7-9-10-19(8-2)13-15-11-16(20-14(15)3)12-18-17(4,5)6/h11,18H,7-10,12-13H2,1-6H3. The molecule has 0 aliphatic rings. The fourth-order valence-electron chi connectivity index (χ4n) is 2.16. The van der Waals surface area contributed by atoms with E-state index < -0.39 is 0 Å². The zero-order chi connectivity index (χ0) is 15.2. The number of thiophene rings is 1. The Morgan fingerprint density at radius 3 is 2.50 bits per heavy atom. The molecule has 0 bridgehead atoms. The fraction of sp³-hybridized carbons (Fsp3) is 0.765. The first-order valence-electron chi connectivity index (χ1n) is 7.91. The Hall–Kier alpha value is -0.380. The number of rotatable bonds is 8. The Morgan fingerprint density at radius 1 is 1.25 bits per heavy atom. The lowest BCUT2D eigenvalue weighted by atomic mass is 10.1. The van der Waals surface area contributed by atoms with E-state index in [1.165, 1.54) is 34.7 Å². The number of nitrogens with zero attached hydrogens (tertiary/aromatic N) is 1. The van der Waals surface area contributed by atoms with Crippen molar-refractivity contribution in [1.29, 1.82) is 0 Å². The lowest BCUT2D eigenvalue weighted by Crippen LogP contribution is -2.34. The Labute approximate surface area is 129 Å². The van der Waals surface area contributed by atoms with Gasteiger partial charge in [-0.05, 0) is 58.8 Å². The van der Waals surface area contributed by atoms with Gasteiger partial charge in [0.2, 0.25) is 0 Å². The van der Waals surface area contributed by atoms with E-state index in [0.717, 1.165) is 19.6 Å². The minimum absolute atomic E-state index is 0.189. The van der Waals surface area contributed by atoms with Crippen LogP contribution < -0.4 is 5.32 Å². The summed E-state index contributed by atoms with van der Waals surface area (Å²) in [5.74, 6) is 0. The molecule has 1 rings (SSSR count). The molecule has 0 amide bonds. The second-order valence-electron chi connectivity index (χ2n) is 6.62. The van der Waals surface area contributed by atoms with E-state index in [-0.39, 0.29) is 5.54 Å². The Morgan fingerprint density at radius 2 is 1.95 bits per heavy atom. The van der Waals surface area contributed by atoms with E-state index in [9.17, 15) is 0 Å². The molecule has 1 N–H and O–H groups in total. The van der Waals surface area contributed by atoms with E-state index in [4.69, 9.17) is 0 Å². The summed E-state index contributed by atoms with van der Waals surface area (Å²) in [6.07, 6.45) is 2.58. The van der Waals surface area contributed by atoms with Crippen molar-refractivity contribution in [1.82, 2.24) is 10.2 Å². The van der Waals surface area contributed by atoms with Crippen LogP contribution in [0.15, 0.2) is 6.07 Å². The normalized spacial score (nSPS) is 12.3. The molecule has 0 unspecified atom stereocenters. The predicted octanol–water partition coefficient (Wildman–Crippen LogP) is 4.57.